The van der Waals surface area contributed by atoms with Crippen molar-refractivity contribution < 1.29 is 4.42 Å². The Morgan fingerprint density at radius 3 is 2.92 bits per heavy atom. The summed E-state index contributed by atoms with van der Waals surface area (Å²) in [6.45, 7) is 1.65. The molecule has 122 valence electrons. The Kier molecular flexibility index (Phi) is 3.01. The Morgan fingerprint density at radius 1 is 1.21 bits per heavy atom. The second-order valence-corrected chi connectivity index (χ2v) is 6.75. The van der Waals surface area contributed by atoms with Gasteiger partial charge < -0.3 is 13.9 Å². The molecule has 1 aliphatic heterocycles. The van der Waals surface area contributed by atoms with Gasteiger partial charge in [0.2, 0.25) is 0 Å². The normalized spacial score (nSPS) is 17.8. The first-order valence-corrected chi connectivity index (χ1v) is 8.62. The highest BCUT2D eigenvalue weighted by molar-refractivity contribution is 5.90. The number of aromatic nitrogens is 2. The summed E-state index contributed by atoms with van der Waals surface area (Å²) in [5, 5.41) is 0.985. The fourth-order valence-corrected chi connectivity index (χ4v) is 3.87. The maximum absolute atomic E-state index is 11.9. The molecule has 1 aromatic carbocycles. The van der Waals surface area contributed by atoms with Gasteiger partial charge in [-0.1, -0.05) is 12.1 Å². The number of hydrogen-bond acceptors (Lipinski definition) is 4. The highest BCUT2D eigenvalue weighted by Crippen LogP contribution is 2.35. The van der Waals surface area contributed by atoms with Gasteiger partial charge in [0.25, 0.3) is 0 Å². The number of fused-ring (bicyclic) bond motifs is 2. The zero-order valence-corrected chi connectivity index (χ0v) is 13.4. The summed E-state index contributed by atoms with van der Waals surface area (Å²) < 4.78 is 7.70. The number of para-hydroxylation sites is 1. The van der Waals surface area contributed by atoms with Crippen LogP contribution in [-0.2, 0) is 13.0 Å². The van der Waals surface area contributed by atoms with Crippen LogP contribution in [-0.4, -0.2) is 16.1 Å². The van der Waals surface area contributed by atoms with Crippen LogP contribution in [0.15, 0.2) is 45.9 Å². The van der Waals surface area contributed by atoms with Crippen LogP contribution in [0.4, 0.5) is 5.69 Å². The van der Waals surface area contributed by atoms with Gasteiger partial charge in [-0.3, -0.25) is 0 Å². The maximum Gasteiger partial charge on any atom is 0.338 e. The van der Waals surface area contributed by atoms with Gasteiger partial charge >= 0.3 is 5.63 Å². The van der Waals surface area contributed by atoms with Gasteiger partial charge in [0, 0.05) is 36.2 Å². The molecule has 0 bridgehead atoms. The molecule has 0 saturated heterocycles. The van der Waals surface area contributed by atoms with E-state index >= 15 is 0 Å². The Labute approximate surface area is 139 Å². The molecule has 1 aliphatic carbocycles. The van der Waals surface area contributed by atoms with Crippen LogP contribution in [0.3, 0.4) is 0 Å². The van der Waals surface area contributed by atoms with Crippen molar-refractivity contribution in [1.82, 2.24) is 9.55 Å². The van der Waals surface area contributed by atoms with Crippen molar-refractivity contribution >= 4 is 16.7 Å². The van der Waals surface area contributed by atoms with E-state index in [0.29, 0.717) is 11.6 Å². The SMILES string of the molecule is O=c1cc(N2CCc3c(ncn3C3CCC3)C2)c2ccccc2o1. The Morgan fingerprint density at radius 2 is 2.08 bits per heavy atom. The maximum atomic E-state index is 11.9. The predicted octanol–water partition coefficient (Wildman–Crippen LogP) is 3.28. The lowest BCUT2D eigenvalue weighted by molar-refractivity contribution is 0.306. The van der Waals surface area contributed by atoms with Crippen LogP contribution in [0.2, 0.25) is 0 Å². The van der Waals surface area contributed by atoms with E-state index in [1.807, 2.05) is 30.6 Å². The molecule has 5 rings (SSSR count). The lowest BCUT2D eigenvalue weighted by Crippen LogP contribution is -2.32. The molecule has 2 aliphatic rings. The van der Waals surface area contributed by atoms with Crippen LogP contribution in [0, 0.1) is 0 Å². The largest absolute Gasteiger partial charge is 0.423 e. The van der Waals surface area contributed by atoms with Crippen LogP contribution < -0.4 is 10.5 Å². The van der Waals surface area contributed by atoms with E-state index in [9.17, 15) is 4.79 Å². The molecule has 0 unspecified atom stereocenters. The zero-order valence-electron chi connectivity index (χ0n) is 13.4. The van der Waals surface area contributed by atoms with E-state index in [-0.39, 0.29) is 5.63 Å². The molecule has 0 spiro atoms. The van der Waals surface area contributed by atoms with Crippen LogP contribution in [0.25, 0.3) is 11.0 Å². The van der Waals surface area contributed by atoms with Crippen molar-refractivity contribution in [3.8, 4) is 0 Å². The first kappa shape index (κ1) is 13.8. The third kappa shape index (κ3) is 2.08. The molecule has 2 aromatic heterocycles. The summed E-state index contributed by atoms with van der Waals surface area (Å²) in [4.78, 5) is 18.8. The number of nitrogens with zero attached hydrogens (tertiary/aromatic N) is 3. The zero-order chi connectivity index (χ0) is 16.1. The van der Waals surface area contributed by atoms with Crippen LogP contribution in [0.1, 0.15) is 36.7 Å². The van der Waals surface area contributed by atoms with E-state index in [0.717, 1.165) is 36.3 Å². The Balaban J connectivity index is 1.53. The van der Waals surface area contributed by atoms with E-state index in [1.54, 1.807) is 6.07 Å². The highest BCUT2D eigenvalue weighted by atomic mass is 16.4. The minimum atomic E-state index is -0.297. The summed E-state index contributed by atoms with van der Waals surface area (Å²) in [6, 6.07) is 9.99. The molecule has 0 radical (unpaired) electrons. The minimum absolute atomic E-state index is 0.297. The summed E-state index contributed by atoms with van der Waals surface area (Å²) in [5.74, 6) is 0. The number of imidazole rings is 1. The summed E-state index contributed by atoms with van der Waals surface area (Å²) in [7, 11) is 0. The number of benzene rings is 1. The molecule has 5 heteroatoms. The quantitative estimate of drug-likeness (QED) is 0.680. The third-order valence-electron chi connectivity index (χ3n) is 5.38. The first-order valence-electron chi connectivity index (χ1n) is 8.62. The standard InChI is InChI=1S/C19H19N3O2/c23-19-10-17(14-6-1-2-7-18(14)24-19)21-9-8-16-15(11-21)20-12-22(16)13-4-3-5-13/h1-2,6-7,10,12-13H,3-5,8-9,11H2. The molecule has 3 heterocycles. The van der Waals surface area contributed by atoms with Crippen molar-refractivity contribution in [3.05, 3.63) is 58.5 Å². The van der Waals surface area contributed by atoms with Crippen LogP contribution in [0.5, 0.6) is 0 Å². The topological polar surface area (TPSA) is 51.3 Å². The van der Waals surface area contributed by atoms with Gasteiger partial charge in [0.05, 0.1) is 24.3 Å². The summed E-state index contributed by atoms with van der Waals surface area (Å²) in [5.41, 5.74) is 3.82. The first-order chi connectivity index (χ1) is 11.8. The van der Waals surface area contributed by atoms with Crippen molar-refractivity contribution in [1.29, 1.82) is 0 Å². The molecule has 1 saturated carbocycles. The molecule has 1 fully saturated rings. The summed E-state index contributed by atoms with van der Waals surface area (Å²) >= 11 is 0. The highest BCUT2D eigenvalue weighted by Gasteiger charge is 2.27. The number of anilines is 1. The van der Waals surface area contributed by atoms with Gasteiger partial charge in [-0.05, 0) is 31.4 Å². The molecule has 0 atom stereocenters. The fourth-order valence-electron chi connectivity index (χ4n) is 3.87. The molecule has 5 nitrogen and oxygen atoms in total. The molecule has 0 amide bonds. The van der Waals surface area contributed by atoms with E-state index in [1.165, 1.54) is 25.0 Å². The van der Waals surface area contributed by atoms with E-state index in [4.69, 9.17) is 4.42 Å². The van der Waals surface area contributed by atoms with Gasteiger partial charge in [0.15, 0.2) is 0 Å². The fraction of sp³-hybridized carbons (Fsp3) is 0.368. The van der Waals surface area contributed by atoms with Gasteiger partial charge in [-0.25, -0.2) is 9.78 Å². The van der Waals surface area contributed by atoms with E-state index < -0.39 is 0 Å². The summed E-state index contributed by atoms with van der Waals surface area (Å²) in [6.07, 6.45) is 6.86. The molecule has 3 aromatic rings. The molecule has 24 heavy (non-hydrogen) atoms. The molecular weight excluding hydrogens is 302 g/mol. The Bertz CT molecular complexity index is 968. The second kappa shape index (κ2) is 5.23. The average Bonchev–Trinajstić information content (AvgIpc) is 2.95. The lowest BCUT2D eigenvalue weighted by Gasteiger charge is -2.33. The van der Waals surface area contributed by atoms with Crippen molar-refractivity contribution in [3.63, 3.8) is 0 Å². The Hall–Kier alpha value is -2.56. The predicted molar refractivity (Wildman–Crippen MR) is 92.4 cm³/mol. The van der Waals surface area contributed by atoms with Gasteiger partial charge in [-0.15, -0.1) is 0 Å². The third-order valence-corrected chi connectivity index (χ3v) is 5.38. The molecular formula is C19H19N3O2. The minimum Gasteiger partial charge on any atom is -0.423 e. The van der Waals surface area contributed by atoms with Gasteiger partial charge in [-0.2, -0.15) is 0 Å². The van der Waals surface area contributed by atoms with Crippen molar-refractivity contribution in [2.75, 3.05) is 11.4 Å². The second-order valence-electron chi connectivity index (χ2n) is 6.75. The monoisotopic (exact) mass is 321 g/mol. The number of hydrogen-bond donors (Lipinski definition) is 0. The number of rotatable bonds is 2. The van der Waals surface area contributed by atoms with Crippen molar-refractivity contribution in [2.24, 2.45) is 0 Å². The van der Waals surface area contributed by atoms with Gasteiger partial charge in [0.1, 0.15) is 5.58 Å². The smallest absolute Gasteiger partial charge is 0.338 e. The lowest BCUT2D eigenvalue weighted by atomic mass is 9.92. The van der Waals surface area contributed by atoms with Crippen LogP contribution >= 0.6 is 0 Å². The average molecular weight is 321 g/mol. The molecule has 0 N–H and O–H groups in total. The van der Waals surface area contributed by atoms with Crippen molar-refractivity contribution in [2.45, 2.75) is 38.3 Å². The van der Waals surface area contributed by atoms with E-state index in [2.05, 4.69) is 14.5 Å².